The predicted octanol–water partition coefficient (Wildman–Crippen LogP) is 4.08. The first-order valence-electron chi connectivity index (χ1n) is 7.93. The van der Waals surface area contributed by atoms with Gasteiger partial charge in [0.25, 0.3) is 5.91 Å². The number of amides is 2. The van der Waals surface area contributed by atoms with Crippen LogP contribution in [0.4, 0.5) is 5.69 Å². The summed E-state index contributed by atoms with van der Waals surface area (Å²) in [5.74, 6) is -0.164. The molecule has 0 fully saturated rings. The Morgan fingerprint density at radius 1 is 1.23 bits per heavy atom. The first-order valence-corrected chi connectivity index (χ1v) is 9.29. The highest BCUT2D eigenvalue weighted by Crippen LogP contribution is 2.25. The zero-order chi connectivity index (χ0) is 19.1. The minimum atomic E-state index is -0.307. The number of anilines is 1. The summed E-state index contributed by atoms with van der Waals surface area (Å²) in [6.45, 7) is 3.79. The highest BCUT2D eigenvalue weighted by Gasteiger charge is 2.14. The molecule has 0 aliphatic carbocycles. The zero-order valence-corrected chi connectivity index (χ0v) is 15.9. The summed E-state index contributed by atoms with van der Waals surface area (Å²) in [7, 11) is 0. The number of nitrogens with one attached hydrogen (secondary N) is 2. The lowest BCUT2D eigenvalue weighted by Gasteiger charge is -2.11. The average Bonchev–Trinajstić information content (AvgIpc) is 2.60. The highest BCUT2D eigenvalue weighted by molar-refractivity contribution is 8.00. The summed E-state index contributed by atoms with van der Waals surface area (Å²) in [5.41, 5.74) is 1.31. The van der Waals surface area contributed by atoms with Gasteiger partial charge < -0.3 is 10.6 Å². The number of carbonyl (C=O) groups excluding carboxylic acids is 2. The topological polar surface area (TPSA) is 82.0 Å². The SMILES string of the molecule is CC(C)NC(=O)CSc1ccccc1C(=O)Nc1ccc(C#N)c(Cl)c1. The second-order valence-electron chi connectivity index (χ2n) is 5.77. The van der Waals surface area contributed by atoms with Gasteiger partial charge in [-0.3, -0.25) is 9.59 Å². The highest BCUT2D eigenvalue weighted by atomic mass is 35.5. The standard InChI is InChI=1S/C19H18ClN3O2S/c1-12(2)22-18(24)11-26-17-6-4-3-5-15(17)19(25)23-14-8-7-13(10-21)16(20)9-14/h3-9,12H,11H2,1-2H3,(H,22,24)(H,23,25). The number of hydrogen-bond donors (Lipinski definition) is 2. The lowest BCUT2D eigenvalue weighted by atomic mass is 10.2. The van der Waals surface area contributed by atoms with E-state index >= 15 is 0 Å². The van der Waals surface area contributed by atoms with Crippen molar-refractivity contribution < 1.29 is 9.59 Å². The van der Waals surface area contributed by atoms with Crippen molar-refractivity contribution >= 4 is 40.9 Å². The molecule has 0 saturated heterocycles. The Balaban J connectivity index is 2.11. The van der Waals surface area contributed by atoms with E-state index in [2.05, 4.69) is 10.6 Å². The zero-order valence-electron chi connectivity index (χ0n) is 14.4. The van der Waals surface area contributed by atoms with Crippen molar-refractivity contribution in [3.63, 3.8) is 0 Å². The second kappa shape index (κ2) is 9.27. The van der Waals surface area contributed by atoms with Crippen LogP contribution in [-0.4, -0.2) is 23.6 Å². The first-order chi connectivity index (χ1) is 12.4. The van der Waals surface area contributed by atoms with Gasteiger partial charge in [0.1, 0.15) is 6.07 Å². The van der Waals surface area contributed by atoms with Crippen LogP contribution < -0.4 is 10.6 Å². The van der Waals surface area contributed by atoms with Crippen molar-refractivity contribution in [2.75, 3.05) is 11.1 Å². The Hall–Kier alpha value is -2.49. The molecule has 0 saturated carbocycles. The van der Waals surface area contributed by atoms with Gasteiger partial charge >= 0.3 is 0 Å². The molecule has 0 heterocycles. The van der Waals surface area contributed by atoms with Crippen molar-refractivity contribution in [2.45, 2.75) is 24.8 Å². The van der Waals surface area contributed by atoms with Crippen molar-refractivity contribution in [1.29, 1.82) is 5.26 Å². The molecule has 2 amide bonds. The van der Waals surface area contributed by atoms with Crippen LogP contribution in [0.2, 0.25) is 5.02 Å². The Morgan fingerprint density at radius 3 is 2.62 bits per heavy atom. The molecule has 0 aliphatic rings. The Bertz CT molecular complexity index is 862. The Kier molecular flexibility index (Phi) is 7.07. The van der Waals surface area contributed by atoms with E-state index in [0.717, 1.165) is 0 Å². The smallest absolute Gasteiger partial charge is 0.256 e. The largest absolute Gasteiger partial charge is 0.353 e. The number of rotatable bonds is 6. The van der Waals surface area contributed by atoms with E-state index in [1.807, 2.05) is 26.0 Å². The molecule has 2 N–H and O–H groups in total. The van der Waals surface area contributed by atoms with Gasteiger partial charge in [-0.15, -0.1) is 11.8 Å². The van der Waals surface area contributed by atoms with Crippen molar-refractivity contribution in [3.05, 3.63) is 58.6 Å². The number of benzene rings is 2. The summed E-state index contributed by atoms with van der Waals surface area (Å²) in [5, 5.41) is 14.8. The molecule has 2 aromatic rings. The monoisotopic (exact) mass is 387 g/mol. The van der Waals surface area contributed by atoms with Crippen LogP contribution in [0.3, 0.4) is 0 Å². The fourth-order valence-corrected chi connectivity index (χ4v) is 3.25. The molecule has 0 bridgehead atoms. The minimum absolute atomic E-state index is 0.0720. The number of hydrogen-bond acceptors (Lipinski definition) is 4. The van der Waals surface area contributed by atoms with E-state index in [-0.39, 0.29) is 28.6 Å². The third-order valence-corrected chi connectivity index (χ3v) is 4.67. The third-order valence-electron chi connectivity index (χ3n) is 3.29. The molecule has 2 rings (SSSR count). The van der Waals surface area contributed by atoms with E-state index in [1.54, 1.807) is 30.3 Å². The number of carbonyl (C=O) groups is 2. The van der Waals surface area contributed by atoms with Crippen LogP contribution in [0.5, 0.6) is 0 Å². The van der Waals surface area contributed by atoms with Crippen molar-refractivity contribution in [2.24, 2.45) is 0 Å². The van der Waals surface area contributed by atoms with Crippen molar-refractivity contribution in [3.8, 4) is 6.07 Å². The second-order valence-corrected chi connectivity index (χ2v) is 7.19. The maximum atomic E-state index is 12.6. The molecule has 134 valence electrons. The Morgan fingerprint density at radius 2 is 1.96 bits per heavy atom. The summed E-state index contributed by atoms with van der Waals surface area (Å²) in [6, 6.07) is 13.8. The van der Waals surface area contributed by atoms with Gasteiger partial charge in [0, 0.05) is 16.6 Å². The summed E-state index contributed by atoms with van der Waals surface area (Å²) >= 11 is 7.30. The van der Waals surface area contributed by atoms with Crippen LogP contribution >= 0.6 is 23.4 Å². The van der Waals surface area contributed by atoms with E-state index < -0.39 is 0 Å². The fraction of sp³-hybridized carbons (Fsp3) is 0.211. The van der Waals surface area contributed by atoms with Crippen LogP contribution in [0.25, 0.3) is 0 Å². The van der Waals surface area contributed by atoms with Gasteiger partial charge in [-0.05, 0) is 44.2 Å². The van der Waals surface area contributed by atoms with Crippen LogP contribution in [-0.2, 0) is 4.79 Å². The quantitative estimate of drug-likeness (QED) is 0.731. The molecule has 5 nitrogen and oxygen atoms in total. The summed E-state index contributed by atoms with van der Waals surface area (Å²) in [6.07, 6.45) is 0. The molecule has 0 atom stereocenters. The van der Waals surface area contributed by atoms with E-state index in [0.29, 0.717) is 21.7 Å². The van der Waals surface area contributed by atoms with E-state index in [4.69, 9.17) is 16.9 Å². The molecule has 2 aromatic carbocycles. The average molecular weight is 388 g/mol. The van der Waals surface area contributed by atoms with E-state index in [9.17, 15) is 9.59 Å². The molecule has 7 heteroatoms. The van der Waals surface area contributed by atoms with Crippen LogP contribution in [0.15, 0.2) is 47.4 Å². The van der Waals surface area contributed by atoms with Gasteiger partial charge in [0.05, 0.1) is 21.9 Å². The fourth-order valence-electron chi connectivity index (χ4n) is 2.17. The van der Waals surface area contributed by atoms with Gasteiger partial charge in [-0.2, -0.15) is 5.26 Å². The first kappa shape index (κ1) is 19.8. The molecule has 26 heavy (non-hydrogen) atoms. The number of nitriles is 1. The lowest BCUT2D eigenvalue weighted by Crippen LogP contribution is -2.31. The Labute approximate surface area is 161 Å². The lowest BCUT2D eigenvalue weighted by molar-refractivity contribution is -0.119. The molecular formula is C19H18ClN3O2S. The molecule has 0 unspecified atom stereocenters. The minimum Gasteiger partial charge on any atom is -0.353 e. The number of nitrogens with zero attached hydrogens (tertiary/aromatic N) is 1. The summed E-state index contributed by atoms with van der Waals surface area (Å²) in [4.78, 5) is 25.1. The van der Waals surface area contributed by atoms with Gasteiger partial charge in [-0.25, -0.2) is 0 Å². The number of halogens is 1. The molecule has 0 spiro atoms. The van der Waals surface area contributed by atoms with Crippen LogP contribution in [0, 0.1) is 11.3 Å². The normalized spacial score (nSPS) is 10.3. The van der Waals surface area contributed by atoms with Gasteiger partial charge in [0.15, 0.2) is 0 Å². The molecule has 0 aliphatic heterocycles. The summed E-state index contributed by atoms with van der Waals surface area (Å²) < 4.78 is 0. The van der Waals surface area contributed by atoms with Crippen LogP contribution in [0.1, 0.15) is 29.8 Å². The maximum Gasteiger partial charge on any atom is 0.256 e. The maximum absolute atomic E-state index is 12.6. The van der Waals surface area contributed by atoms with Gasteiger partial charge in [0.2, 0.25) is 5.91 Å². The molecule has 0 aromatic heterocycles. The van der Waals surface area contributed by atoms with E-state index in [1.165, 1.54) is 17.8 Å². The van der Waals surface area contributed by atoms with Gasteiger partial charge in [-0.1, -0.05) is 23.7 Å². The molecular weight excluding hydrogens is 370 g/mol. The third kappa shape index (κ3) is 5.51. The number of thioether (sulfide) groups is 1. The van der Waals surface area contributed by atoms with Crippen molar-refractivity contribution in [1.82, 2.24) is 5.32 Å². The molecule has 0 radical (unpaired) electrons. The predicted molar refractivity (Wildman–Crippen MR) is 105 cm³/mol.